The molecule has 0 radical (unpaired) electrons. The van der Waals surface area contributed by atoms with Crippen LogP contribution in [0.25, 0.3) is 0 Å². The van der Waals surface area contributed by atoms with Crippen LogP contribution >= 0.6 is 0 Å². The Hall–Kier alpha value is -0.790. The molecule has 58 valence electrons. The maximum atomic E-state index is 10.4. The van der Waals surface area contributed by atoms with Crippen LogP contribution in [0.3, 0.4) is 0 Å². The first-order valence-electron chi connectivity index (χ1n) is 3.57. The molecular weight excluding hydrogens is 126 g/mol. The Kier molecular flexibility index (Phi) is 4.63. The van der Waals surface area contributed by atoms with Gasteiger partial charge in [-0.2, -0.15) is 0 Å². The van der Waals surface area contributed by atoms with Crippen LogP contribution in [0, 0.1) is 0 Å². The molecular formula is C8H15NO. The van der Waals surface area contributed by atoms with Crippen LogP contribution in [0.15, 0.2) is 11.6 Å². The number of carbonyl (C=O) groups is 1. The Bertz CT molecular complexity index is 138. The van der Waals surface area contributed by atoms with E-state index < -0.39 is 0 Å². The average molecular weight is 141 g/mol. The molecule has 0 aromatic carbocycles. The van der Waals surface area contributed by atoms with Crippen LogP contribution in [0.5, 0.6) is 0 Å². The minimum Gasteiger partial charge on any atom is -0.353 e. The molecule has 0 aromatic rings. The third kappa shape index (κ3) is 5.35. The third-order valence-corrected chi connectivity index (χ3v) is 1.17. The predicted molar refractivity (Wildman–Crippen MR) is 42.7 cm³/mol. The summed E-state index contributed by atoms with van der Waals surface area (Å²) in [4.78, 5) is 10.4. The van der Waals surface area contributed by atoms with E-state index in [1.807, 2.05) is 6.92 Å². The lowest BCUT2D eigenvalue weighted by atomic mass is 10.2. The summed E-state index contributed by atoms with van der Waals surface area (Å²) in [7, 11) is 0. The van der Waals surface area contributed by atoms with E-state index in [2.05, 4.69) is 18.3 Å². The molecule has 0 aliphatic carbocycles. The molecule has 0 saturated carbocycles. The molecule has 0 saturated heterocycles. The van der Waals surface area contributed by atoms with Crippen molar-refractivity contribution in [1.82, 2.24) is 5.32 Å². The van der Waals surface area contributed by atoms with Crippen LogP contribution in [0.2, 0.25) is 0 Å². The summed E-state index contributed by atoms with van der Waals surface area (Å²) in [6.07, 6.45) is 3.14. The summed E-state index contributed by atoms with van der Waals surface area (Å²) in [5.41, 5.74) is 1.22. The lowest BCUT2D eigenvalue weighted by molar-refractivity contribution is -0.118. The molecule has 0 fully saturated rings. The van der Waals surface area contributed by atoms with Gasteiger partial charge in [-0.25, -0.2) is 0 Å². The summed E-state index contributed by atoms with van der Waals surface area (Å²) in [6, 6.07) is 0. The lowest BCUT2D eigenvalue weighted by Crippen LogP contribution is -2.21. The van der Waals surface area contributed by atoms with Crippen molar-refractivity contribution in [2.45, 2.75) is 27.2 Å². The third-order valence-electron chi connectivity index (χ3n) is 1.17. The van der Waals surface area contributed by atoms with Crippen molar-refractivity contribution in [3.8, 4) is 0 Å². The van der Waals surface area contributed by atoms with Crippen LogP contribution in [-0.2, 0) is 4.79 Å². The number of hydrogen-bond donors (Lipinski definition) is 1. The molecule has 0 aliphatic rings. The number of allylic oxidation sites excluding steroid dienone is 1. The second-order valence-corrected chi connectivity index (χ2v) is 2.37. The van der Waals surface area contributed by atoms with E-state index >= 15 is 0 Å². The number of nitrogens with one attached hydrogen (secondary N) is 1. The molecule has 1 amide bonds. The fourth-order valence-corrected chi connectivity index (χ4v) is 0.685. The van der Waals surface area contributed by atoms with Gasteiger partial charge in [-0.3, -0.25) is 4.79 Å². The van der Waals surface area contributed by atoms with Crippen molar-refractivity contribution < 1.29 is 4.79 Å². The molecule has 0 aromatic heterocycles. The summed E-state index contributed by atoms with van der Waals surface area (Å²) in [5.74, 6) is 0.0313. The van der Waals surface area contributed by atoms with Gasteiger partial charge in [0.25, 0.3) is 0 Å². The van der Waals surface area contributed by atoms with Crippen molar-refractivity contribution in [1.29, 1.82) is 0 Å². The molecule has 2 nitrogen and oxygen atoms in total. The van der Waals surface area contributed by atoms with E-state index in [0.717, 1.165) is 6.42 Å². The molecule has 0 rings (SSSR count). The monoisotopic (exact) mass is 141 g/mol. The first-order valence-corrected chi connectivity index (χ1v) is 3.57. The van der Waals surface area contributed by atoms with Gasteiger partial charge in [0.05, 0.1) is 0 Å². The highest BCUT2D eigenvalue weighted by atomic mass is 16.1. The van der Waals surface area contributed by atoms with Gasteiger partial charge in [0, 0.05) is 13.5 Å². The van der Waals surface area contributed by atoms with E-state index in [1.165, 1.54) is 12.5 Å². The Morgan fingerprint density at radius 2 is 2.10 bits per heavy atom. The van der Waals surface area contributed by atoms with Gasteiger partial charge in [0.1, 0.15) is 0 Å². The van der Waals surface area contributed by atoms with Gasteiger partial charge in [-0.05, 0) is 13.3 Å². The summed E-state index contributed by atoms with van der Waals surface area (Å²) in [5, 5.41) is 2.72. The minimum atomic E-state index is 0.0313. The van der Waals surface area contributed by atoms with Crippen molar-refractivity contribution in [3.05, 3.63) is 11.6 Å². The smallest absolute Gasteiger partial charge is 0.217 e. The second kappa shape index (κ2) is 5.03. The zero-order valence-corrected chi connectivity index (χ0v) is 6.90. The van der Waals surface area contributed by atoms with Crippen molar-refractivity contribution >= 4 is 5.91 Å². The first kappa shape index (κ1) is 9.21. The topological polar surface area (TPSA) is 29.1 Å². The molecule has 0 heterocycles. The number of carbonyl (C=O) groups excluding carboxylic acids is 1. The quantitative estimate of drug-likeness (QED) is 0.592. The molecule has 0 aliphatic heterocycles. The molecule has 0 spiro atoms. The molecule has 1 N–H and O–H groups in total. The van der Waals surface area contributed by atoms with Gasteiger partial charge < -0.3 is 5.32 Å². The second-order valence-electron chi connectivity index (χ2n) is 2.37. The van der Waals surface area contributed by atoms with Gasteiger partial charge in [0.15, 0.2) is 0 Å². The molecule has 0 bridgehead atoms. The zero-order chi connectivity index (χ0) is 7.98. The fraction of sp³-hybridized carbons (Fsp3) is 0.625. The molecule has 10 heavy (non-hydrogen) atoms. The number of rotatable bonds is 3. The van der Waals surface area contributed by atoms with E-state index in [4.69, 9.17) is 0 Å². The highest BCUT2D eigenvalue weighted by Crippen LogP contribution is 1.91. The van der Waals surface area contributed by atoms with Crippen molar-refractivity contribution in [3.63, 3.8) is 0 Å². The summed E-state index contributed by atoms with van der Waals surface area (Å²) >= 11 is 0. The lowest BCUT2D eigenvalue weighted by Gasteiger charge is -2.00. The number of amides is 1. The van der Waals surface area contributed by atoms with Gasteiger partial charge in [-0.1, -0.05) is 18.6 Å². The number of hydrogen-bond acceptors (Lipinski definition) is 1. The van der Waals surface area contributed by atoms with Crippen LogP contribution in [-0.4, -0.2) is 12.5 Å². The Balaban J connectivity index is 3.48. The molecule has 2 heteroatoms. The van der Waals surface area contributed by atoms with Crippen LogP contribution in [0.1, 0.15) is 27.2 Å². The van der Waals surface area contributed by atoms with E-state index in [9.17, 15) is 4.79 Å². The first-order chi connectivity index (χ1) is 4.66. The van der Waals surface area contributed by atoms with Gasteiger partial charge in [0.2, 0.25) is 5.91 Å². The van der Waals surface area contributed by atoms with Crippen LogP contribution in [0.4, 0.5) is 0 Å². The highest BCUT2D eigenvalue weighted by Gasteiger charge is 1.89. The Labute approximate surface area is 62.3 Å². The standard InChI is InChI=1S/C8H15NO/c1-4-5-7(2)6-9-8(3)10/h5H,4,6H2,1-3H3,(H,9,10)/b7-5+. The van der Waals surface area contributed by atoms with E-state index in [1.54, 1.807) is 0 Å². The minimum absolute atomic E-state index is 0.0313. The predicted octanol–water partition coefficient (Wildman–Crippen LogP) is 1.48. The largest absolute Gasteiger partial charge is 0.353 e. The van der Waals surface area contributed by atoms with E-state index in [-0.39, 0.29) is 5.91 Å². The van der Waals surface area contributed by atoms with E-state index in [0.29, 0.717) is 6.54 Å². The molecule has 0 atom stereocenters. The van der Waals surface area contributed by atoms with Crippen molar-refractivity contribution in [2.24, 2.45) is 0 Å². The van der Waals surface area contributed by atoms with Crippen molar-refractivity contribution in [2.75, 3.05) is 6.54 Å². The Morgan fingerprint density at radius 1 is 1.50 bits per heavy atom. The van der Waals surface area contributed by atoms with Gasteiger partial charge >= 0.3 is 0 Å². The maximum absolute atomic E-state index is 10.4. The average Bonchev–Trinajstić information content (AvgIpc) is 1.85. The molecule has 0 unspecified atom stereocenters. The summed E-state index contributed by atoms with van der Waals surface area (Å²) in [6.45, 7) is 6.30. The highest BCUT2D eigenvalue weighted by molar-refractivity contribution is 5.73. The fourth-order valence-electron chi connectivity index (χ4n) is 0.685. The summed E-state index contributed by atoms with van der Waals surface area (Å²) < 4.78 is 0. The maximum Gasteiger partial charge on any atom is 0.217 e. The Morgan fingerprint density at radius 3 is 2.50 bits per heavy atom. The normalized spacial score (nSPS) is 11.3. The zero-order valence-electron chi connectivity index (χ0n) is 6.90. The SMILES string of the molecule is CC/C=C(\C)CNC(C)=O. The van der Waals surface area contributed by atoms with Gasteiger partial charge in [-0.15, -0.1) is 0 Å². The van der Waals surface area contributed by atoms with Crippen LogP contribution < -0.4 is 5.32 Å².